The van der Waals surface area contributed by atoms with Crippen LogP contribution >= 0.6 is 23.2 Å². The summed E-state index contributed by atoms with van der Waals surface area (Å²) in [6, 6.07) is 4.51. The molecule has 0 N–H and O–H groups in total. The van der Waals surface area contributed by atoms with E-state index in [-0.39, 0.29) is 10.8 Å². The first-order chi connectivity index (χ1) is 8.09. The van der Waals surface area contributed by atoms with Crippen LogP contribution in [0, 0.1) is 0 Å². The van der Waals surface area contributed by atoms with Crippen LogP contribution in [0.3, 0.4) is 0 Å². The minimum absolute atomic E-state index is 0.272. The molecule has 102 valence electrons. The predicted octanol–water partition coefficient (Wildman–Crippen LogP) is 1.44. The van der Waals surface area contributed by atoms with Crippen molar-refractivity contribution in [2.45, 2.75) is 0 Å². The van der Waals surface area contributed by atoms with Crippen LogP contribution in [0.4, 0.5) is 0 Å². The van der Waals surface area contributed by atoms with Crippen LogP contribution in [0.5, 0.6) is 5.75 Å². The number of ether oxygens (including phenoxy) is 1. The van der Waals surface area contributed by atoms with Gasteiger partial charge < -0.3 is 19.1 Å². The summed E-state index contributed by atoms with van der Waals surface area (Å²) in [5.41, 5.74) is 0. The van der Waals surface area contributed by atoms with E-state index in [2.05, 4.69) is 28.2 Å². The van der Waals surface area contributed by atoms with Gasteiger partial charge in [-0.05, 0) is 18.2 Å². The summed E-state index contributed by atoms with van der Waals surface area (Å²) in [5, 5.41) is 10.8. The van der Waals surface area contributed by atoms with Gasteiger partial charge in [-0.25, -0.2) is 0 Å². The lowest BCUT2D eigenvalue weighted by atomic mass is 10.3. The molecule has 0 spiro atoms. The number of halogens is 2. The minimum atomic E-state index is -1.30. The summed E-state index contributed by atoms with van der Waals surface area (Å²) in [4.78, 5) is 10.0. The van der Waals surface area contributed by atoms with E-state index in [1.54, 1.807) is 6.07 Å². The zero-order valence-electron chi connectivity index (χ0n) is 10.9. The first kappa shape index (κ1) is 17.0. The van der Waals surface area contributed by atoms with E-state index >= 15 is 0 Å². The Balaban J connectivity index is 0.000000494. The molecule has 0 aromatic heterocycles. The van der Waals surface area contributed by atoms with Gasteiger partial charge in [-0.1, -0.05) is 23.2 Å². The Hall–Kier alpha value is -0.970. The Morgan fingerprint density at radius 1 is 1.28 bits per heavy atom. The van der Waals surface area contributed by atoms with Crippen LogP contribution in [0.1, 0.15) is 0 Å². The summed E-state index contributed by atoms with van der Waals surface area (Å²) >= 11 is 11.3. The average Bonchev–Trinajstić information content (AvgIpc) is 2.13. The van der Waals surface area contributed by atoms with Crippen LogP contribution < -0.4 is 9.84 Å². The molecule has 0 saturated heterocycles. The average molecular weight is 294 g/mol. The molecule has 6 heteroatoms. The molecule has 4 nitrogen and oxygen atoms in total. The summed E-state index contributed by atoms with van der Waals surface area (Å²) in [7, 11) is 8.50. The Labute approximate surface area is 117 Å². The fourth-order valence-electron chi connectivity index (χ4n) is 0.729. The zero-order valence-corrected chi connectivity index (χ0v) is 12.4. The van der Waals surface area contributed by atoms with E-state index in [0.29, 0.717) is 5.02 Å². The smallest absolute Gasteiger partial charge is 0.138 e. The lowest BCUT2D eigenvalue weighted by Crippen LogP contribution is -2.28. The maximum atomic E-state index is 10.0. The highest BCUT2D eigenvalue weighted by Crippen LogP contribution is 2.27. The maximum Gasteiger partial charge on any atom is 0.138 e. The van der Waals surface area contributed by atoms with Crippen LogP contribution in [-0.4, -0.2) is 45.2 Å². The summed E-state index contributed by atoms with van der Waals surface area (Å²) in [5.74, 6) is -1.03. The molecule has 1 rings (SSSR count). The van der Waals surface area contributed by atoms with Gasteiger partial charge in [0.2, 0.25) is 0 Å². The number of hydrogen-bond acceptors (Lipinski definition) is 3. The fraction of sp³-hybridized carbons (Fsp3) is 0.417. The number of carboxylic acid groups (broad SMARTS) is 1. The molecule has 18 heavy (non-hydrogen) atoms. The lowest BCUT2D eigenvalue weighted by molar-refractivity contribution is -0.849. The second kappa shape index (κ2) is 7.46. The first-order valence-electron chi connectivity index (χ1n) is 5.16. The summed E-state index contributed by atoms with van der Waals surface area (Å²) in [6.45, 7) is -0.526. The molecule has 0 aliphatic rings. The van der Waals surface area contributed by atoms with Gasteiger partial charge in [0.05, 0.1) is 39.2 Å². The van der Waals surface area contributed by atoms with E-state index in [1.165, 1.54) is 12.1 Å². The molecule has 0 aliphatic carbocycles. The normalized spacial score (nSPS) is 10.3. The summed E-state index contributed by atoms with van der Waals surface area (Å²) < 4.78 is 5.80. The quantitative estimate of drug-likeness (QED) is 0.793. The van der Waals surface area contributed by atoms with Gasteiger partial charge >= 0.3 is 0 Å². The fourth-order valence-corrected chi connectivity index (χ4v) is 1.19. The predicted molar refractivity (Wildman–Crippen MR) is 70.9 cm³/mol. The minimum Gasteiger partial charge on any atom is -0.546 e. The van der Waals surface area contributed by atoms with Crippen molar-refractivity contribution in [1.29, 1.82) is 0 Å². The van der Waals surface area contributed by atoms with Crippen molar-refractivity contribution in [3.63, 3.8) is 0 Å². The number of aliphatic carboxylic acids is 1. The number of nitrogens with zero attached hydrogens (tertiary/aromatic N) is 1. The Kier molecular flexibility index (Phi) is 7.06. The molecule has 0 amide bonds. The highest BCUT2D eigenvalue weighted by molar-refractivity contribution is 6.35. The number of rotatable bonds is 3. The van der Waals surface area contributed by atoms with E-state index in [9.17, 15) is 9.90 Å². The van der Waals surface area contributed by atoms with Crippen molar-refractivity contribution < 1.29 is 19.1 Å². The molecule has 0 heterocycles. The maximum absolute atomic E-state index is 10.0. The van der Waals surface area contributed by atoms with Gasteiger partial charge in [0, 0.05) is 5.02 Å². The SMILES string of the molecule is C[N+](C)(C)C.O=C([O-])COc1ccc(Cl)cc1Cl. The molecule has 0 atom stereocenters. The van der Waals surface area contributed by atoms with Gasteiger partial charge in [0.25, 0.3) is 0 Å². The molecule has 0 aliphatic heterocycles. The largest absolute Gasteiger partial charge is 0.546 e. The number of carboxylic acids is 1. The van der Waals surface area contributed by atoms with Gasteiger partial charge in [-0.15, -0.1) is 0 Å². The lowest BCUT2D eigenvalue weighted by Gasteiger charge is -2.14. The van der Waals surface area contributed by atoms with E-state index in [0.717, 1.165) is 4.48 Å². The van der Waals surface area contributed by atoms with E-state index in [1.807, 2.05) is 0 Å². The first-order valence-corrected chi connectivity index (χ1v) is 5.92. The molecule has 0 bridgehead atoms. The number of benzene rings is 1. The van der Waals surface area contributed by atoms with E-state index in [4.69, 9.17) is 27.9 Å². The number of carbonyl (C=O) groups excluding carboxylic acids is 1. The molecule has 0 radical (unpaired) electrons. The van der Waals surface area contributed by atoms with Crippen molar-refractivity contribution in [2.24, 2.45) is 0 Å². The van der Waals surface area contributed by atoms with Crippen LogP contribution in [-0.2, 0) is 4.79 Å². The van der Waals surface area contributed by atoms with Crippen molar-refractivity contribution in [3.8, 4) is 5.75 Å². The third kappa shape index (κ3) is 10.2. The number of quaternary nitrogens is 1. The second-order valence-corrected chi connectivity index (χ2v) is 5.76. The standard InChI is InChI=1S/C8H6Cl2O3.C4H12N/c9-5-1-2-7(6(10)3-5)13-4-8(11)12;1-5(2,3)4/h1-3H,4H2,(H,11,12);1-4H3/q;+1/p-1. The van der Waals surface area contributed by atoms with Crippen molar-refractivity contribution in [2.75, 3.05) is 34.8 Å². The van der Waals surface area contributed by atoms with Crippen molar-refractivity contribution in [1.82, 2.24) is 0 Å². The van der Waals surface area contributed by atoms with Crippen LogP contribution in [0.15, 0.2) is 18.2 Å². The topological polar surface area (TPSA) is 49.4 Å². The molecule has 1 aromatic carbocycles. The Bertz CT molecular complexity index is 397. The van der Waals surface area contributed by atoms with Gasteiger partial charge in [0.15, 0.2) is 0 Å². The van der Waals surface area contributed by atoms with Crippen molar-refractivity contribution >= 4 is 29.2 Å². The third-order valence-electron chi connectivity index (χ3n) is 1.24. The van der Waals surface area contributed by atoms with Gasteiger partial charge in [-0.3, -0.25) is 0 Å². The third-order valence-corrected chi connectivity index (χ3v) is 1.77. The van der Waals surface area contributed by atoms with Gasteiger partial charge in [-0.2, -0.15) is 0 Å². The molecule has 0 saturated carbocycles. The highest BCUT2D eigenvalue weighted by Gasteiger charge is 2.01. The van der Waals surface area contributed by atoms with Crippen molar-refractivity contribution in [3.05, 3.63) is 28.2 Å². The number of hydrogen-bond donors (Lipinski definition) is 0. The van der Waals surface area contributed by atoms with Crippen LogP contribution in [0.25, 0.3) is 0 Å². The monoisotopic (exact) mass is 293 g/mol. The molecule has 1 aromatic rings. The highest BCUT2D eigenvalue weighted by atomic mass is 35.5. The molecular weight excluding hydrogens is 277 g/mol. The molecule has 0 unspecified atom stereocenters. The molecule has 0 fully saturated rings. The second-order valence-electron chi connectivity index (χ2n) is 4.92. The number of carbonyl (C=O) groups is 1. The van der Waals surface area contributed by atoms with Crippen LogP contribution in [0.2, 0.25) is 10.0 Å². The van der Waals surface area contributed by atoms with E-state index < -0.39 is 12.6 Å². The Morgan fingerprint density at radius 2 is 1.78 bits per heavy atom. The Morgan fingerprint density at radius 3 is 2.17 bits per heavy atom. The summed E-state index contributed by atoms with van der Waals surface area (Å²) in [6.07, 6.45) is 0. The van der Waals surface area contributed by atoms with Gasteiger partial charge in [0.1, 0.15) is 12.4 Å². The molecular formula is C12H17Cl2NO3. The zero-order chi connectivity index (χ0) is 14.3.